The molecule has 2 rings (SSSR count). The number of carbonyl (C=O) groups is 1. The zero-order valence-corrected chi connectivity index (χ0v) is 13.1. The van der Waals surface area contributed by atoms with Crippen LogP contribution in [-0.4, -0.2) is 31.6 Å². The Bertz CT molecular complexity index is 518. The highest BCUT2D eigenvalue weighted by Gasteiger charge is 2.29. The lowest BCUT2D eigenvalue weighted by Gasteiger charge is -2.24. The third-order valence-corrected chi connectivity index (χ3v) is 4.19. The van der Waals surface area contributed by atoms with Gasteiger partial charge in [0, 0.05) is 18.8 Å². The van der Waals surface area contributed by atoms with Crippen LogP contribution in [0.3, 0.4) is 0 Å². The molecule has 0 saturated carbocycles. The normalized spacial score (nSPS) is 21.6. The average molecular weight is 293 g/mol. The summed E-state index contributed by atoms with van der Waals surface area (Å²) in [6, 6.07) is 4.85. The SMILES string of the molecule is CC1CCNC1C(=O)Nc1ccc(N(C)C(C)C)c(F)c1. The summed E-state index contributed by atoms with van der Waals surface area (Å²) in [4.78, 5) is 14.0. The van der Waals surface area contributed by atoms with Crippen LogP contribution in [0.5, 0.6) is 0 Å². The lowest BCUT2D eigenvalue weighted by atomic mass is 10.0. The molecule has 2 atom stereocenters. The number of halogens is 1. The number of anilines is 2. The van der Waals surface area contributed by atoms with Gasteiger partial charge in [-0.15, -0.1) is 0 Å². The van der Waals surface area contributed by atoms with Crippen LogP contribution >= 0.6 is 0 Å². The Morgan fingerprint density at radius 3 is 2.71 bits per heavy atom. The first-order valence-corrected chi connectivity index (χ1v) is 7.46. The van der Waals surface area contributed by atoms with Crippen LogP contribution in [0.25, 0.3) is 0 Å². The summed E-state index contributed by atoms with van der Waals surface area (Å²) < 4.78 is 14.2. The second kappa shape index (κ2) is 6.43. The Morgan fingerprint density at radius 1 is 1.48 bits per heavy atom. The molecule has 2 N–H and O–H groups in total. The highest BCUT2D eigenvalue weighted by atomic mass is 19.1. The molecule has 1 aromatic rings. The maximum atomic E-state index is 14.2. The van der Waals surface area contributed by atoms with Crippen molar-refractivity contribution in [1.82, 2.24) is 5.32 Å². The number of carbonyl (C=O) groups excluding carboxylic acids is 1. The molecule has 0 bridgehead atoms. The monoisotopic (exact) mass is 293 g/mol. The highest BCUT2D eigenvalue weighted by Crippen LogP contribution is 2.24. The molecular weight excluding hydrogens is 269 g/mol. The Hall–Kier alpha value is -1.62. The Kier molecular flexibility index (Phi) is 4.83. The standard InChI is InChI=1S/C16H24FN3O/c1-10(2)20(4)14-6-5-12(9-13(14)17)19-16(21)15-11(3)7-8-18-15/h5-6,9-11,15,18H,7-8H2,1-4H3,(H,19,21). The summed E-state index contributed by atoms with van der Waals surface area (Å²) in [5.41, 5.74) is 1.04. The number of nitrogens with one attached hydrogen (secondary N) is 2. The zero-order valence-electron chi connectivity index (χ0n) is 13.1. The van der Waals surface area contributed by atoms with E-state index in [0.29, 0.717) is 17.3 Å². The van der Waals surface area contributed by atoms with Crippen molar-refractivity contribution in [3.8, 4) is 0 Å². The van der Waals surface area contributed by atoms with Crippen LogP contribution in [0.2, 0.25) is 0 Å². The van der Waals surface area contributed by atoms with Gasteiger partial charge in [-0.3, -0.25) is 4.79 Å². The van der Waals surface area contributed by atoms with Crippen molar-refractivity contribution in [2.45, 2.75) is 39.3 Å². The number of amides is 1. The quantitative estimate of drug-likeness (QED) is 0.897. The highest BCUT2D eigenvalue weighted by molar-refractivity contribution is 5.95. The molecule has 1 amide bonds. The van der Waals surface area contributed by atoms with Gasteiger partial charge in [0.15, 0.2) is 0 Å². The number of nitrogens with zero attached hydrogens (tertiary/aromatic N) is 1. The first-order chi connectivity index (χ1) is 9.90. The summed E-state index contributed by atoms with van der Waals surface area (Å²) in [7, 11) is 1.85. The van der Waals surface area contributed by atoms with Gasteiger partial charge >= 0.3 is 0 Å². The van der Waals surface area contributed by atoms with Gasteiger partial charge in [-0.05, 0) is 50.9 Å². The molecule has 1 saturated heterocycles. The molecule has 0 spiro atoms. The van der Waals surface area contributed by atoms with E-state index in [9.17, 15) is 9.18 Å². The fourth-order valence-electron chi connectivity index (χ4n) is 2.55. The number of hydrogen-bond donors (Lipinski definition) is 2. The molecule has 1 aliphatic rings. The number of benzene rings is 1. The number of rotatable bonds is 4. The largest absolute Gasteiger partial charge is 0.370 e. The fourth-order valence-corrected chi connectivity index (χ4v) is 2.55. The molecular formula is C16H24FN3O. The second-order valence-corrected chi connectivity index (χ2v) is 6.06. The minimum Gasteiger partial charge on any atom is -0.370 e. The third kappa shape index (κ3) is 3.53. The smallest absolute Gasteiger partial charge is 0.241 e. The summed E-state index contributed by atoms with van der Waals surface area (Å²) in [6.07, 6.45) is 0.991. The molecule has 1 heterocycles. The van der Waals surface area contributed by atoms with Crippen LogP contribution < -0.4 is 15.5 Å². The van der Waals surface area contributed by atoms with Crippen LogP contribution in [0.1, 0.15) is 27.2 Å². The third-order valence-electron chi connectivity index (χ3n) is 4.19. The topological polar surface area (TPSA) is 44.4 Å². The molecule has 1 aliphatic heterocycles. The van der Waals surface area contributed by atoms with Gasteiger partial charge in [-0.25, -0.2) is 4.39 Å². The predicted octanol–water partition coefficient (Wildman–Crippen LogP) is 2.61. The van der Waals surface area contributed by atoms with Gasteiger partial charge < -0.3 is 15.5 Å². The van der Waals surface area contributed by atoms with E-state index in [-0.39, 0.29) is 23.8 Å². The Morgan fingerprint density at radius 2 is 2.19 bits per heavy atom. The molecule has 2 unspecified atom stereocenters. The lowest BCUT2D eigenvalue weighted by molar-refractivity contribution is -0.118. The van der Waals surface area contributed by atoms with E-state index in [4.69, 9.17) is 0 Å². The van der Waals surface area contributed by atoms with Crippen molar-refractivity contribution >= 4 is 17.3 Å². The van der Waals surface area contributed by atoms with Gasteiger partial charge in [-0.1, -0.05) is 6.92 Å². The minimum atomic E-state index is -0.323. The summed E-state index contributed by atoms with van der Waals surface area (Å²) in [5.74, 6) is -0.109. The number of hydrogen-bond acceptors (Lipinski definition) is 3. The molecule has 1 aromatic carbocycles. The van der Waals surface area contributed by atoms with Gasteiger partial charge in [0.1, 0.15) is 5.82 Å². The Balaban J connectivity index is 2.08. The van der Waals surface area contributed by atoms with Gasteiger partial charge in [0.2, 0.25) is 5.91 Å². The first kappa shape index (κ1) is 15.8. The average Bonchev–Trinajstić information content (AvgIpc) is 2.84. The summed E-state index contributed by atoms with van der Waals surface area (Å²) >= 11 is 0. The van der Waals surface area contributed by atoms with Crippen molar-refractivity contribution in [1.29, 1.82) is 0 Å². The van der Waals surface area contributed by atoms with Gasteiger partial charge in [0.25, 0.3) is 0 Å². The van der Waals surface area contributed by atoms with Gasteiger partial charge in [-0.2, -0.15) is 0 Å². The lowest BCUT2D eigenvalue weighted by Crippen LogP contribution is -2.39. The second-order valence-electron chi connectivity index (χ2n) is 6.06. The minimum absolute atomic E-state index is 0.0932. The van der Waals surface area contributed by atoms with Crippen molar-refractivity contribution < 1.29 is 9.18 Å². The van der Waals surface area contributed by atoms with Crippen LogP contribution in [0, 0.1) is 11.7 Å². The Labute approximate surface area is 125 Å². The van der Waals surface area contributed by atoms with E-state index >= 15 is 0 Å². The van der Waals surface area contributed by atoms with E-state index in [1.165, 1.54) is 6.07 Å². The molecule has 116 valence electrons. The molecule has 5 heteroatoms. The van der Waals surface area contributed by atoms with E-state index in [1.807, 2.05) is 32.7 Å². The molecule has 1 fully saturated rings. The fraction of sp³-hybridized carbons (Fsp3) is 0.562. The molecule has 21 heavy (non-hydrogen) atoms. The van der Waals surface area contributed by atoms with E-state index in [2.05, 4.69) is 10.6 Å². The van der Waals surface area contributed by atoms with Crippen molar-refractivity contribution in [2.24, 2.45) is 5.92 Å². The maximum absolute atomic E-state index is 14.2. The van der Waals surface area contributed by atoms with E-state index in [1.54, 1.807) is 12.1 Å². The van der Waals surface area contributed by atoms with Gasteiger partial charge in [0.05, 0.1) is 11.7 Å². The predicted molar refractivity (Wildman–Crippen MR) is 84.1 cm³/mol. The van der Waals surface area contributed by atoms with E-state index in [0.717, 1.165) is 13.0 Å². The molecule has 4 nitrogen and oxygen atoms in total. The summed E-state index contributed by atoms with van der Waals surface area (Å²) in [5, 5.41) is 5.96. The van der Waals surface area contributed by atoms with Crippen molar-refractivity contribution in [3.63, 3.8) is 0 Å². The maximum Gasteiger partial charge on any atom is 0.241 e. The van der Waals surface area contributed by atoms with Crippen LogP contribution in [0.4, 0.5) is 15.8 Å². The summed E-state index contributed by atoms with van der Waals surface area (Å²) in [6.45, 7) is 6.90. The molecule has 0 aromatic heterocycles. The zero-order chi connectivity index (χ0) is 15.6. The van der Waals surface area contributed by atoms with Crippen LogP contribution in [-0.2, 0) is 4.79 Å². The van der Waals surface area contributed by atoms with E-state index < -0.39 is 0 Å². The van der Waals surface area contributed by atoms with Crippen molar-refractivity contribution in [3.05, 3.63) is 24.0 Å². The molecule has 0 aliphatic carbocycles. The molecule has 0 radical (unpaired) electrons. The van der Waals surface area contributed by atoms with Crippen molar-refractivity contribution in [2.75, 3.05) is 23.8 Å². The first-order valence-electron chi connectivity index (χ1n) is 7.46. The van der Waals surface area contributed by atoms with Crippen LogP contribution in [0.15, 0.2) is 18.2 Å².